The fourth-order valence-corrected chi connectivity index (χ4v) is 2.69. The van der Waals surface area contributed by atoms with Crippen molar-refractivity contribution in [3.8, 4) is 0 Å². The van der Waals surface area contributed by atoms with E-state index in [1.54, 1.807) is 0 Å². The van der Waals surface area contributed by atoms with Crippen LogP contribution in [0.4, 0.5) is 0 Å². The van der Waals surface area contributed by atoms with Crippen molar-refractivity contribution in [3.63, 3.8) is 0 Å². The van der Waals surface area contributed by atoms with Crippen molar-refractivity contribution in [2.45, 2.75) is 110 Å². The monoisotopic (exact) mass is 328 g/mol. The van der Waals surface area contributed by atoms with Gasteiger partial charge in [0.1, 0.15) is 0 Å². The average molecular weight is 329 g/mol. The highest BCUT2D eigenvalue weighted by atomic mass is 17.1. The maximum atomic E-state index is 10.7. The molecule has 3 nitrogen and oxygen atoms in total. The third-order valence-corrected chi connectivity index (χ3v) is 4.09. The van der Waals surface area contributed by atoms with Gasteiger partial charge in [0.05, 0.1) is 0 Å². The zero-order valence-electron chi connectivity index (χ0n) is 15.5. The highest BCUT2D eigenvalue weighted by molar-refractivity contribution is 5.68. The van der Waals surface area contributed by atoms with Crippen LogP contribution in [0.3, 0.4) is 0 Å². The van der Waals surface area contributed by atoms with Crippen LogP contribution in [0.25, 0.3) is 0 Å². The lowest BCUT2D eigenvalue weighted by atomic mass is 10.0. The van der Waals surface area contributed by atoms with Gasteiger partial charge in [0.2, 0.25) is 0 Å². The molecule has 0 aromatic rings. The summed E-state index contributed by atoms with van der Waals surface area (Å²) < 4.78 is 0. The van der Waals surface area contributed by atoms with Gasteiger partial charge in [0.15, 0.2) is 0 Å². The Bertz CT molecular complexity index is 229. The molecule has 0 heterocycles. The van der Waals surface area contributed by atoms with Crippen LogP contribution in [0, 0.1) is 0 Å². The Labute approximate surface area is 144 Å². The Kier molecular flexibility index (Phi) is 24.9. The maximum Gasteiger partial charge on any atom is 0.342 e. The molecule has 0 aliphatic heterocycles. The summed E-state index contributed by atoms with van der Waals surface area (Å²) in [4.78, 5) is 14.3. The Balaban J connectivity index is 0. The van der Waals surface area contributed by atoms with Gasteiger partial charge in [-0.2, -0.15) is 5.26 Å². The summed E-state index contributed by atoms with van der Waals surface area (Å²) >= 11 is 0. The maximum absolute atomic E-state index is 10.7. The van der Waals surface area contributed by atoms with Gasteiger partial charge in [-0.1, -0.05) is 96.8 Å². The van der Waals surface area contributed by atoms with Gasteiger partial charge in [-0.3, -0.25) is 0 Å². The van der Waals surface area contributed by atoms with Crippen molar-refractivity contribution in [1.29, 1.82) is 0 Å². The fourth-order valence-electron chi connectivity index (χ4n) is 2.69. The van der Waals surface area contributed by atoms with Crippen LogP contribution >= 0.6 is 0 Å². The number of hydrogen-bond acceptors (Lipinski definition) is 3. The van der Waals surface area contributed by atoms with Crippen LogP contribution < -0.4 is 0 Å². The minimum Gasteiger partial charge on any atom is -0.301 e. The summed E-state index contributed by atoms with van der Waals surface area (Å²) in [7, 11) is 0. The molecule has 0 amide bonds. The van der Waals surface area contributed by atoms with Crippen LogP contribution in [0.2, 0.25) is 0 Å². The lowest BCUT2D eigenvalue weighted by Crippen LogP contribution is -1.99. The summed E-state index contributed by atoms with van der Waals surface area (Å²) in [6, 6.07) is 0. The Morgan fingerprint density at radius 3 is 1.30 bits per heavy atom. The standard InChI is InChI=1S/C18H36O3.C2H4/c1-2-3-4-5-6-7-8-9-10-11-12-13-14-15-16-17-18(19)21-20;1-2/h20H,2-17H2,1H3;1-2H2. The molecule has 0 aliphatic rings. The highest BCUT2D eigenvalue weighted by Gasteiger charge is 2.00. The highest BCUT2D eigenvalue weighted by Crippen LogP contribution is 2.13. The second kappa shape index (κ2) is 23.4. The van der Waals surface area contributed by atoms with E-state index in [1.807, 2.05) is 0 Å². The van der Waals surface area contributed by atoms with E-state index in [9.17, 15) is 4.79 Å². The van der Waals surface area contributed by atoms with Crippen molar-refractivity contribution in [2.24, 2.45) is 0 Å². The van der Waals surface area contributed by atoms with E-state index in [0.717, 1.165) is 12.8 Å². The zero-order valence-corrected chi connectivity index (χ0v) is 15.5. The molecule has 0 aromatic heterocycles. The van der Waals surface area contributed by atoms with Gasteiger partial charge in [-0.15, -0.1) is 13.2 Å². The van der Waals surface area contributed by atoms with E-state index in [0.29, 0.717) is 6.42 Å². The minimum atomic E-state index is -0.510. The van der Waals surface area contributed by atoms with Crippen molar-refractivity contribution in [2.75, 3.05) is 0 Å². The van der Waals surface area contributed by atoms with Gasteiger partial charge in [-0.05, 0) is 6.42 Å². The first-order chi connectivity index (χ1) is 11.3. The van der Waals surface area contributed by atoms with E-state index in [1.165, 1.54) is 83.5 Å². The van der Waals surface area contributed by atoms with Crippen LogP contribution in [0.15, 0.2) is 13.2 Å². The predicted octanol–water partition coefficient (Wildman–Crippen LogP) is 7.07. The van der Waals surface area contributed by atoms with E-state index in [2.05, 4.69) is 25.0 Å². The molecule has 0 bridgehead atoms. The van der Waals surface area contributed by atoms with Gasteiger partial charge >= 0.3 is 5.97 Å². The molecule has 0 aliphatic carbocycles. The molecule has 0 atom stereocenters. The first-order valence-corrected chi connectivity index (χ1v) is 9.65. The van der Waals surface area contributed by atoms with E-state index >= 15 is 0 Å². The SMILES string of the molecule is C=C.CCCCCCCCCCCCCCCCCC(=O)OO. The second-order valence-corrected chi connectivity index (χ2v) is 6.16. The van der Waals surface area contributed by atoms with Crippen LogP contribution in [-0.2, 0) is 9.68 Å². The Morgan fingerprint density at radius 2 is 1.00 bits per heavy atom. The molecule has 3 heteroatoms. The van der Waals surface area contributed by atoms with Gasteiger partial charge in [-0.25, -0.2) is 4.79 Å². The molecular weight excluding hydrogens is 288 g/mol. The molecule has 0 radical (unpaired) electrons. The first kappa shape index (κ1) is 24.4. The zero-order chi connectivity index (χ0) is 17.6. The molecule has 0 aromatic carbocycles. The summed E-state index contributed by atoms with van der Waals surface area (Å²) in [5, 5.41) is 8.10. The lowest BCUT2D eigenvalue weighted by Gasteiger charge is -2.03. The van der Waals surface area contributed by atoms with Gasteiger partial charge in [0, 0.05) is 6.42 Å². The van der Waals surface area contributed by atoms with Crippen molar-refractivity contribution < 1.29 is 14.9 Å². The normalized spacial score (nSPS) is 10.0. The van der Waals surface area contributed by atoms with Crippen molar-refractivity contribution in [3.05, 3.63) is 13.2 Å². The van der Waals surface area contributed by atoms with Crippen LogP contribution in [0.5, 0.6) is 0 Å². The summed E-state index contributed by atoms with van der Waals surface area (Å²) in [6.45, 7) is 8.27. The molecule has 0 saturated heterocycles. The first-order valence-electron chi connectivity index (χ1n) is 9.65. The van der Waals surface area contributed by atoms with Crippen molar-refractivity contribution in [1.82, 2.24) is 0 Å². The van der Waals surface area contributed by atoms with E-state index in [4.69, 9.17) is 5.26 Å². The smallest absolute Gasteiger partial charge is 0.301 e. The summed E-state index contributed by atoms with van der Waals surface area (Å²) in [5.41, 5.74) is 0. The van der Waals surface area contributed by atoms with E-state index < -0.39 is 5.97 Å². The molecule has 138 valence electrons. The molecular formula is C20H40O3. The molecule has 0 rings (SSSR count). The lowest BCUT2D eigenvalue weighted by molar-refractivity contribution is -0.234. The molecule has 0 saturated carbocycles. The number of carbonyl (C=O) groups excluding carboxylic acids is 1. The minimum absolute atomic E-state index is 0.342. The predicted molar refractivity (Wildman–Crippen MR) is 99.5 cm³/mol. The topological polar surface area (TPSA) is 46.5 Å². The molecule has 1 N–H and O–H groups in total. The average Bonchev–Trinajstić information content (AvgIpc) is 2.59. The third-order valence-electron chi connectivity index (χ3n) is 4.09. The number of carbonyl (C=O) groups is 1. The quantitative estimate of drug-likeness (QED) is 0.143. The Morgan fingerprint density at radius 1 is 0.696 bits per heavy atom. The molecule has 0 fully saturated rings. The third kappa shape index (κ3) is 23.6. The summed E-state index contributed by atoms with van der Waals surface area (Å²) in [5.74, 6) is -0.510. The van der Waals surface area contributed by atoms with E-state index in [-0.39, 0.29) is 0 Å². The molecule has 0 spiro atoms. The fraction of sp³-hybridized carbons (Fsp3) is 0.850. The van der Waals surface area contributed by atoms with Gasteiger partial charge in [0.25, 0.3) is 0 Å². The van der Waals surface area contributed by atoms with Crippen molar-refractivity contribution >= 4 is 5.97 Å². The molecule has 23 heavy (non-hydrogen) atoms. The number of rotatable bonds is 16. The van der Waals surface area contributed by atoms with Crippen LogP contribution in [0.1, 0.15) is 110 Å². The number of unbranched alkanes of at least 4 members (excludes halogenated alkanes) is 14. The summed E-state index contributed by atoms with van der Waals surface area (Å²) in [6.07, 6.45) is 20.0. The molecule has 0 unspecified atom stereocenters. The van der Waals surface area contributed by atoms with Crippen LogP contribution in [-0.4, -0.2) is 11.2 Å². The second-order valence-electron chi connectivity index (χ2n) is 6.16. The van der Waals surface area contributed by atoms with Gasteiger partial charge < -0.3 is 4.89 Å². The largest absolute Gasteiger partial charge is 0.342 e. The number of hydrogen-bond donors (Lipinski definition) is 1. The Hall–Kier alpha value is -0.830.